The molecule has 0 saturated carbocycles. The molecule has 0 amide bonds. The van der Waals surface area contributed by atoms with E-state index in [1.54, 1.807) is 7.11 Å². The van der Waals surface area contributed by atoms with Crippen LogP contribution in [0.4, 0.5) is 0 Å². The highest BCUT2D eigenvalue weighted by molar-refractivity contribution is 4.63. The molecular formula is C10H23NO3. The van der Waals surface area contributed by atoms with Crippen molar-refractivity contribution in [2.24, 2.45) is 0 Å². The zero-order chi connectivity index (χ0) is 10.6. The summed E-state index contributed by atoms with van der Waals surface area (Å²) in [5, 5.41) is 20.7. The molecule has 0 bridgehead atoms. The summed E-state index contributed by atoms with van der Waals surface area (Å²) in [4.78, 5) is 0. The van der Waals surface area contributed by atoms with E-state index in [9.17, 15) is 0 Å². The van der Waals surface area contributed by atoms with Gasteiger partial charge in [-0.25, -0.2) is 0 Å². The first-order valence-corrected chi connectivity index (χ1v) is 5.29. The van der Waals surface area contributed by atoms with Crippen molar-refractivity contribution in [1.29, 1.82) is 0 Å². The van der Waals surface area contributed by atoms with Crippen LogP contribution in [0.25, 0.3) is 0 Å². The van der Waals surface area contributed by atoms with Gasteiger partial charge in [-0.15, -0.1) is 0 Å². The lowest BCUT2D eigenvalue weighted by molar-refractivity contribution is 0.128. The van der Waals surface area contributed by atoms with E-state index in [2.05, 4.69) is 5.32 Å². The Kier molecular flexibility index (Phi) is 10.8. The van der Waals surface area contributed by atoms with Crippen LogP contribution in [0.3, 0.4) is 0 Å². The summed E-state index contributed by atoms with van der Waals surface area (Å²) in [7, 11) is 1.63. The van der Waals surface area contributed by atoms with E-state index < -0.39 is 0 Å². The molecule has 0 aliphatic carbocycles. The van der Waals surface area contributed by atoms with Crippen molar-refractivity contribution in [3.8, 4) is 0 Å². The average Bonchev–Trinajstić information content (AvgIpc) is 2.21. The van der Waals surface area contributed by atoms with Gasteiger partial charge in [0.05, 0.1) is 19.3 Å². The van der Waals surface area contributed by atoms with Crippen molar-refractivity contribution >= 4 is 0 Å². The molecule has 0 aromatic rings. The number of methoxy groups -OCH3 is 1. The second kappa shape index (κ2) is 10.9. The number of hydrogen-bond donors (Lipinski definition) is 3. The van der Waals surface area contributed by atoms with Gasteiger partial charge in [-0.1, -0.05) is 12.8 Å². The maximum Gasteiger partial charge on any atom is 0.0638 e. The molecule has 0 aliphatic rings. The molecule has 86 valence electrons. The molecule has 14 heavy (non-hydrogen) atoms. The molecular weight excluding hydrogens is 182 g/mol. The molecule has 0 spiro atoms. The molecule has 4 heteroatoms. The number of ether oxygens (including phenoxy) is 1. The molecule has 1 unspecified atom stereocenters. The van der Waals surface area contributed by atoms with Crippen LogP contribution in [-0.4, -0.2) is 49.7 Å². The van der Waals surface area contributed by atoms with Gasteiger partial charge >= 0.3 is 0 Å². The van der Waals surface area contributed by atoms with Crippen molar-refractivity contribution in [1.82, 2.24) is 5.32 Å². The summed E-state index contributed by atoms with van der Waals surface area (Å²) >= 11 is 0. The van der Waals surface area contributed by atoms with Gasteiger partial charge in [-0.2, -0.15) is 0 Å². The lowest BCUT2D eigenvalue weighted by Crippen LogP contribution is -2.36. The Labute approximate surface area is 86.3 Å². The lowest BCUT2D eigenvalue weighted by atomic mass is 10.2. The molecule has 4 nitrogen and oxygen atoms in total. The average molecular weight is 205 g/mol. The van der Waals surface area contributed by atoms with Crippen LogP contribution < -0.4 is 5.32 Å². The predicted octanol–water partition coefficient (Wildman–Crippen LogP) is 0.136. The largest absolute Gasteiger partial charge is 0.396 e. The molecule has 0 aromatic heterocycles. The van der Waals surface area contributed by atoms with Crippen LogP contribution in [0.1, 0.15) is 25.7 Å². The molecule has 0 radical (unpaired) electrons. The molecule has 0 rings (SSSR count). The molecule has 1 atom stereocenters. The Morgan fingerprint density at radius 3 is 2.43 bits per heavy atom. The number of rotatable bonds is 10. The topological polar surface area (TPSA) is 61.7 Å². The standard InChI is InChI=1S/C10H23NO3/c1-14-9-10(8-13)11-6-4-2-3-5-7-12/h10-13H,2-9H2,1H3. The van der Waals surface area contributed by atoms with Crippen LogP contribution in [-0.2, 0) is 4.74 Å². The van der Waals surface area contributed by atoms with E-state index in [-0.39, 0.29) is 19.3 Å². The van der Waals surface area contributed by atoms with Crippen molar-refractivity contribution in [3.63, 3.8) is 0 Å². The fourth-order valence-corrected chi connectivity index (χ4v) is 1.27. The molecule has 0 aromatic carbocycles. The summed E-state index contributed by atoms with van der Waals surface area (Å²) in [5.41, 5.74) is 0. The zero-order valence-electron chi connectivity index (χ0n) is 9.04. The summed E-state index contributed by atoms with van der Waals surface area (Å²) in [6, 6.07) is 0.0536. The Hall–Kier alpha value is -0.160. The molecule has 0 fully saturated rings. The highest BCUT2D eigenvalue weighted by Gasteiger charge is 2.04. The third-order valence-corrected chi connectivity index (χ3v) is 2.11. The first-order chi connectivity index (χ1) is 6.85. The third-order valence-electron chi connectivity index (χ3n) is 2.11. The number of hydrogen-bond acceptors (Lipinski definition) is 4. The summed E-state index contributed by atoms with van der Waals surface area (Å²) in [6.45, 7) is 1.86. The summed E-state index contributed by atoms with van der Waals surface area (Å²) in [5.74, 6) is 0. The Balaban J connectivity index is 3.15. The normalized spacial score (nSPS) is 13.1. The number of aliphatic hydroxyl groups excluding tert-OH is 2. The SMILES string of the molecule is COCC(CO)NCCCCCCO. The van der Waals surface area contributed by atoms with Gasteiger partial charge in [0.15, 0.2) is 0 Å². The fraction of sp³-hybridized carbons (Fsp3) is 1.00. The zero-order valence-corrected chi connectivity index (χ0v) is 9.04. The van der Waals surface area contributed by atoms with E-state index >= 15 is 0 Å². The van der Waals surface area contributed by atoms with Crippen molar-refractivity contribution in [2.75, 3.05) is 33.5 Å². The maximum absolute atomic E-state index is 8.92. The predicted molar refractivity (Wildman–Crippen MR) is 56.3 cm³/mol. The minimum atomic E-state index is 0.0536. The van der Waals surface area contributed by atoms with Gasteiger partial charge in [0.25, 0.3) is 0 Å². The fourth-order valence-electron chi connectivity index (χ4n) is 1.27. The highest BCUT2D eigenvalue weighted by Crippen LogP contribution is 1.98. The van der Waals surface area contributed by atoms with Gasteiger partial charge in [-0.3, -0.25) is 0 Å². The minimum Gasteiger partial charge on any atom is -0.396 e. The van der Waals surface area contributed by atoms with Crippen LogP contribution in [0.5, 0.6) is 0 Å². The van der Waals surface area contributed by atoms with Gasteiger partial charge in [-0.05, 0) is 19.4 Å². The number of aliphatic hydroxyl groups is 2. The minimum absolute atomic E-state index is 0.0536. The monoisotopic (exact) mass is 205 g/mol. The van der Waals surface area contributed by atoms with Crippen molar-refractivity contribution in [3.05, 3.63) is 0 Å². The van der Waals surface area contributed by atoms with Crippen molar-refractivity contribution < 1.29 is 14.9 Å². The summed E-state index contributed by atoms with van der Waals surface area (Å²) in [6.07, 6.45) is 4.17. The van der Waals surface area contributed by atoms with E-state index in [1.807, 2.05) is 0 Å². The first-order valence-electron chi connectivity index (χ1n) is 5.29. The smallest absolute Gasteiger partial charge is 0.0638 e. The van der Waals surface area contributed by atoms with Crippen molar-refractivity contribution in [2.45, 2.75) is 31.7 Å². The second-order valence-electron chi connectivity index (χ2n) is 3.43. The quantitative estimate of drug-likeness (QED) is 0.444. The van der Waals surface area contributed by atoms with Crippen LogP contribution in [0, 0.1) is 0 Å². The number of unbranched alkanes of at least 4 members (excludes halogenated alkanes) is 3. The van der Waals surface area contributed by atoms with Crippen LogP contribution in [0.2, 0.25) is 0 Å². The molecule has 3 N–H and O–H groups in total. The third kappa shape index (κ3) is 8.44. The Bertz CT molecular complexity index is 112. The molecule has 0 saturated heterocycles. The molecule has 0 heterocycles. The summed E-state index contributed by atoms with van der Waals surface area (Å²) < 4.78 is 4.93. The Morgan fingerprint density at radius 2 is 1.86 bits per heavy atom. The van der Waals surface area contributed by atoms with E-state index in [0.717, 1.165) is 32.2 Å². The maximum atomic E-state index is 8.92. The van der Waals surface area contributed by atoms with Crippen LogP contribution >= 0.6 is 0 Å². The second-order valence-corrected chi connectivity index (χ2v) is 3.43. The molecule has 0 aliphatic heterocycles. The van der Waals surface area contributed by atoms with Gasteiger partial charge in [0.2, 0.25) is 0 Å². The van der Waals surface area contributed by atoms with E-state index in [1.165, 1.54) is 0 Å². The lowest BCUT2D eigenvalue weighted by Gasteiger charge is -2.14. The number of nitrogens with one attached hydrogen (secondary N) is 1. The van der Waals surface area contributed by atoms with E-state index in [0.29, 0.717) is 6.61 Å². The van der Waals surface area contributed by atoms with Gasteiger partial charge in [0, 0.05) is 13.7 Å². The first kappa shape index (κ1) is 13.8. The van der Waals surface area contributed by atoms with E-state index in [4.69, 9.17) is 14.9 Å². The Morgan fingerprint density at radius 1 is 1.14 bits per heavy atom. The van der Waals surface area contributed by atoms with Gasteiger partial charge in [0.1, 0.15) is 0 Å². The highest BCUT2D eigenvalue weighted by atomic mass is 16.5. The van der Waals surface area contributed by atoms with Gasteiger partial charge < -0.3 is 20.3 Å². The van der Waals surface area contributed by atoms with Crippen LogP contribution in [0.15, 0.2) is 0 Å².